The summed E-state index contributed by atoms with van der Waals surface area (Å²) in [6, 6.07) is 19.7. The van der Waals surface area contributed by atoms with E-state index in [1.54, 1.807) is 31.2 Å². The first-order valence-electron chi connectivity index (χ1n) is 14.1. The molecule has 1 aromatic heterocycles. The van der Waals surface area contributed by atoms with Crippen molar-refractivity contribution in [2.24, 2.45) is 0 Å². The summed E-state index contributed by atoms with van der Waals surface area (Å²) in [4.78, 5) is 73.1. The zero-order chi connectivity index (χ0) is 31.9. The average molecular weight is 605 g/mol. The lowest BCUT2D eigenvalue weighted by atomic mass is 10.1. The van der Waals surface area contributed by atoms with Crippen molar-refractivity contribution in [3.8, 4) is 11.4 Å². The number of nitrogens with one attached hydrogen (secondary N) is 2. The van der Waals surface area contributed by atoms with E-state index < -0.39 is 35.8 Å². The third-order valence-corrected chi connectivity index (χ3v) is 6.38. The third kappa shape index (κ3) is 10.2. The fourth-order valence-electron chi connectivity index (χ4n) is 4.24. The summed E-state index contributed by atoms with van der Waals surface area (Å²) in [5.74, 6) is -2.61. The van der Waals surface area contributed by atoms with Crippen LogP contribution in [0.2, 0.25) is 0 Å². The number of nitrogens with zero attached hydrogens (tertiary/aromatic N) is 4. The highest BCUT2D eigenvalue weighted by atomic mass is 16.6. The number of anilines is 1. The monoisotopic (exact) mass is 604 g/mol. The summed E-state index contributed by atoms with van der Waals surface area (Å²) in [5.41, 5.74) is 0.505. The van der Waals surface area contributed by atoms with Crippen molar-refractivity contribution in [2.45, 2.75) is 32.7 Å². The van der Waals surface area contributed by atoms with Gasteiger partial charge in [-0.3, -0.25) is 19.2 Å². The van der Waals surface area contributed by atoms with Crippen LogP contribution >= 0.6 is 0 Å². The van der Waals surface area contributed by atoms with E-state index in [9.17, 15) is 29.1 Å². The SMILES string of the molecule is CCOC(=O)N1CCN(C(=O)C(CCC(=O)O)NC(=O)c2nc(-c3ccccc3)ncc2NC(C)=O)CC1.c1ccccc1. The van der Waals surface area contributed by atoms with Gasteiger partial charge in [-0.2, -0.15) is 0 Å². The van der Waals surface area contributed by atoms with Crippen LogP contribution in [0.4, 0.5) is 10.5 Å². The van der Waals surface area contributed by atoms with E-state index in [0.717, 1.165) is 0 Å². The number of carbonyl (C=O) groups is 5. The molecule has 4 rings (SSSR count). The van der Waals surface area contributed by atoms with Gasteiger partial charge in [0.25, 0.3) is 5.91 Å². The minimum atomic E-state index is -1.17. The predicted octanol–water partition coefficient (Wildman–Crippen LogP) is 3.05. The quantitative estimate of drug-likeness (QED) is 0.332. The van der Waals surface area contributed by atoms with Crippen molar-refractivity contribution in [1.29, 1.82) is 0 Å². The van der Waals surface area contributed by atoms with E-state index in [2.05, 4.69) is 20.6 Å². The standard InChI is InChI=1S/C25H30N6O7.C6H6/c1-3-38-25(37)31-13-11-30(12-14-31)24(36)18(9-10-20(33)34)28-23(35)21-19(27-16(2)32)15-26-22(29-21)17-7-5-4-6-8-17;1-2-4-6-5-3-1/h4-8,15,18H,3,9-14H2,1-2H3,(H,27,32)(H,28,35)(H,33,34);1-6H. The molecule has 0 aliphatic carbocycles. The average Bonchev–Trinajstić information content (AvgIpc) is 3.04. The molecule has 1 saturated heterocycles. The number of benzene rings is 2. The van der Waals surface area contributed by atoms with Crippen molar-refractivity contribution < 1.29 is 33.8 Å². The molecule has 13 nitrogen and oxygen atoms in total. The van der Waals surface area contributed by atoms with Gasteiger partial charge in [-0.05, 0) is 13.3 Å². The topological polar surface area (TPSA) is 171 Å². The van der Waals surface area contributed by atoms with Crippen molar-refractivity contribution in [3.63, 3.8) is 0 Å². The van der Waals surface area contributed by atoms with Crippen LogP contribution in [0.15, 0.2) is 72.9 Å². The fraction of sp³-hybridized carbons (Fsp3) is 0.323. The minimum Gasteiger partial charge on any atom is -0.481 e. The third-order valence-electron chi connectivity index (χ3n) is 6.38. The molecule has 0 radical (unpaired) electrons. The van der Waals surface area contributed by atoms with Crippen LogP contribution in [0.3, 0.4) is 0 Å². The van der Waals surface area contributed by atoms with E-state index >= 15 is 0 Å². The fourth-order valence-corrected chi connectivity index (χ4v) is 4.24. The van der Waals surface area contributed by atoms with Gasteiger partial charge in [0, 0.05) is 45.1 Å². The molecule has 3 N–H and O–H groups in total. The molecule has 44 heavy (non-hydrogen) atoms. The number of carbonyl (C=O) groups excluding carboxylic acids is 4. The highest BCUT2D eigenvalue weighted by Gasteiger charge is 2.31. The molecule has 1 fully saturated rings. The summed E-state index contributed by atoms with van der Waals surface area (Å²) in [5, 5.41) is 14.3. The van der Waals surface area contributed by atoms with Crippen molar-refractivity contribution in [1.82, 2.24) is 25.1 Å². The van der Waals surface area contributed by atoms with Crippen LogP contribution in [0, 0.1) is 0 Å². The van der Waals surface area contributed by atoms with Gasteiger partial charge in [-0.15, -0.1) is 0 Å². The Hall–Kier alpha value is -5.33. The summed E-state index contributed by atoms with van der Waals surface area (Å²) >= 11 is 0. The van der Waals surface area contributed by atoms with E-state index in [1.807, 2.05) is 42.5 Å². The molecular formula is C31H36N6O7. The molecule has 0 saturated carbocycles. The Balaban J connectivity index is 0.000000785. The number of carboxylic acids is 1. The molecule has 1 atom stereocenters. The number of amides is 4. The van der Waals surface area contributed by atoms with E-state index in [1.165, 1.54) is 22.9 Å². The van der Waals surface area contributed by atoms with Gasteiger partial charge in [-0.1, -0.05) is 66.7 Å². The van der Waals surface area contributed by atoms with Gasteiger partial charge in [0.2, 0.25) is 11.8 Å². The van der Waals surface area contributed by atoms with Gasteiger partial charge >= 0.3 is 12.1 Å². The predicted molar refractivity (Wildman–Crippen MR) is 162 cm³/mol. The molecule has 2 heterocycles. The lowest BCUT2D eigenvalue weighted by Gasteiger charge is -2.36. The van der Waals surface area contributed by atoms with Crippen molar-refractivity contribution in [2.75, 3.05) is 38.1 Å². The normalized spacial score (nSPS) is 13.0. The number of rotatable bonds is 9. The zero-order valence-electron chi connectivity index (χ0n) is 24.6. The number of piperazine rings is 1. The molecule has 232 valence electrons. The molecule has 1 aliphatic rings. The number of hydrogen-bond acceptors (Lipinski definition) is 8. The molecule has 2 aromatic carbocycles. The lowest BCUT2D eigenvalue weighted by Crippen LogP contribution is -2.56. The van der Waals surface area contributed by atoms with E-state index in [0.29, 0.717) is 5.56 Å². The largest absolute Gasteiger partial charge is 0.481 e. The Morgan fingerprint density at radius 1 is 0.909 bits per heavy atom. The van der Waals surface area contributed by atoms with Gasteiger partial charge in [0.1, 0.15) is 6.04 Å². The smallest absolute Gasteiger partial charge is 0.409 e. The first-order valence-corrected chi connectivity index (χ1v) is 14.1. The summed E-state index contributed by atoms with van der Waals surface area (Å²) in [6.45, 7) is 4.07. The Bertz CT molecular complexity index is 1390. The number of carboxylic acid groups (broad SMARTS) is 1. The first kappa shape index (κ1) is 33.2. The highest BCUT2D eigenvalue weighted by molar-refractivity contribution is 6.03. The van der Waals surface area contributed by atoms with Gasteiger partial charge in [-0.25, -0.2) is 14.8 Å². The molecule has 13 heteroatoms. The molecular weight excluding hydrogens is 568 g/mol. The van der Waals surface area contributed by atoms with Crippen molar-refractivity contribution >= 4 is 35.5 Å². The number of ether oxygens (including phenoxy) is 1. The Kier molecular flexibility index (Phi) is 12.8. The molecule has 3 aromatic rings. The number of hydrogen-bond donors (Lipinski definition) is 3. The molecule has 1 aliphatic heterocycles. The Morgan fingerprint density at radius 2 is 1.48 bits per heavy atom. The highest BCUT2D eigenvalue weighted by Crippen LogP contribution is 2.20. The molecule has 0 bridgehead atoms. The maximum absolute atomic E-state index is 13.3. The van der Waals surface area contributed by atoms with Crippen LogP contribution in [0.1, 0.15) is 37.2 Å². The second-order valence-corrected chi connectivity index (χ2v) is 9.63. The van der Waals surface area contributed by atoms with Gasteiger partial charge in [0.05, 0.1) is 18.5 Å². The van der Waals surface area contributed by atoms with Crippen molar-refractivity contribution in [3.05, 3.63) is 78.6 Å². The molecule has 0 spiro atoms. The first-order chi connectivity index (χ1) is 21.2. The number of aliphatic carboxylic acids is 1. The van der Waals surface area contributed by atoms with Crippen LogP contribution in [0.25, 0.3) is 11.4 Å². The molecule has 1 unspecified atom stereocenters. The van der Waals surface area contributed by atoms with Crippen LogP contribution < -0.4 is 10.6 Å². The molecule has 4 amide bonds. The zero-order valence-corrected chi connectivity index (χ0v) is 24.6. The lowest BCUT2D eigenvalue weighted by molar-refractivity contribution is -0.138. The maximum atomic E-state index is 13.3. The van der Waals surface area contributed by atoms with Crippen LogP contribution in [-0.4, -0.2) is 93.5 Å². The van der Waals surface area contributed by atoms with Gasteiger partial charge in [0.15, 0.2) is 11.5 Å². The summed E-state index contributed by atoms with van der Waals surface area (Å²) < 4.78 is 4.99. The summed E-state index contributed by atoms with van der Waals surface area (Å²) in [7, 11) is 0. The number of aromatic nitrogens is 2. The minimum absolute atomic E-state index is 0.0437. The Morgan fingerprint density at radius 3 is 2.02 bits per heavy atom. The van der Waals surface area contributed by atoms with Crippen LogP contribution in [0.5, 0.6) is 0 Å². The maximum Gasteiger partial charge on any atom is 0.409 e. The second kappa shape index (κ2) is 16.9. The van der Waals surface area contributed by atoms with Gasteiger partial charge < -0.3 is 30.3 Å². The van der Waals surface area contributed by atoms with E-state index in [4.69, 9.17) is 4.74 Å². The Labute approximate surface area is 255 Å². The van der Waals surface area contributed by atoms with Crippen LogP contribution in [-0.2, 0) is 19.1 Å². The second-order valence-electron chi connectivity index (χ2n) is 9.63. The summed E-state index contributed by atoms with van der Waals surface area (Å²) in [6.07, 6.45) is 0.300. The van der Waals surface area contributed by atoms with E-state index in [-0.39, 0.29) is 62.8 Å².